The van der Waals surface area contributed by atoms with Crippen molar-refractivity contribution < 1.29 is 23.5 Å². The number of amides is 2. The molecule has 0 bridgehead atoms. The van der Waals surface area contributed by atoms with Crippen LogP contribution in [0.2, 0.25) is 0 Å². The van der Waals surface area contributed by atoms with Gasteiger partial charge in [0.05, 0.1) is 18.3 Å². The van der Waals surface area contributed by atoms with Crippen molar-refractivity contribution in [2.24, 2.45) is 0 Å². The summed E-state index contributed by atoms with van der Waals surface area (Å²) in [7, 11) is 0. The maximum Gasteiger partial charge on any atom is 0.313 e. The lowest BCUT2D eigenvalue weighted by molar-refractivity contribution is -0.136. The number of rotatable bonds is 4. The number of anilines is 1. The minimum atomic E-state index is -1.12. The van der Waals surface area contributed by atoms with Gasteiger partial charge >= 0.3 is 11.8 Å². The molecule has 0 spiro atoms. The van der Waals surface area contributed by atoms with E-state index in [9.17, 15) is 23.5 Å². The van der Waals surface area contributed by atoms with Crippen molar-refractivity contribution in [1.29, 1.82) is 0 Å². The standard InChI is InChI=1S/C16H14F2N2O3/c17-11-6-7-13(12(18)8-11)19-15(22)16(23)20-14(9-21)10-4-2-1-3-5-10/h1-8,14,21H,9H2,(H,19,22)(H,20,23). The van der Waals surface area contributed by atoms with E-state index in [1.807, 2.05) is 5.32 Å². The Hall–Kier alpha value is -2.80. The first-order chi connectivity index (χ1) is 11.0. The Morgan fingerprint density at radius 1 is 1.04 bits per heavy atom. The first-order valence-electron chi connectivity index (χ1n) is 6.74. The molecule has 120 valence electrons. The van der Waals surface area contributed by atoms with E-state index >= 15 is 0 Å². The van der Waals surface area contributed by atoms with Crippen LogP contribution in [0.4, 0.5) is 14.5 Å². The molecular formula is C16H14F2N2O3. The van der Waals surface area contributed by atoms with Gasteiger partial charge in [0.15, 0.2) is 0 Å². The minimum Gasteiger partial charge on any atom is -0.394 e. The first kappa shape index (κ1) is 16.6. The van der Waals surface area contributed by atoms with Gasteiger partial charge in [-0.25, -0.2) is 8.78 Å². The second-order valence-electron chi connectivity index (χ2n) is 4.70. The summed E-state index contributed by atoms with van der Waals surface area (Å²) in [6.07, 6.45) is 0. The molecule has 2 amide bonds. The van der Waals surface area contributed by atoms with Crippen molar-refractivity contribution in [3.8, 4) is 0 Å². The minimum absolute atomic E-state index is 0.313. The van der Waals surface area contributed by atoms with Gasteiger partial charge in [0.2, 0.25) is 0 Å². The molecule has 0 saturated heterocycles. The summed E-state index contributed by atoms with van der Waals surface area (Å²) >= 11 is 0. The van der Waals surface area contributed by atoms with Crippen molar-refractivity contribution in [3.05, 3.63) is 65.7 Å². The molecule has 1 unspecified atom stereocenters. The Morgan fingerprint density at radius 3 is 2.35 bits per heavy atom. The van der Waals surface area contributed by atoms with Crippen molar-refractivity contribution in [2.75, 3.05) is 11.9 Å². The molecular weight excluding hydrogens is 306 g/mol. The zero-order valence-electron chi connectivity index (χ0n) is 11.9. The van der Waals surface area contributed by atoms with Gasteiger partial charge in [0, 0.05) is 6.07 Å². The van der Waals surface area contributed by atoms with Crippen LogP contribution in [0.25, 0.3) is 0 Å². The molecule has 0 heterocycles. The molecule has 5 nitrogen and oxygen atoms in total. The van der Waals surface area contributed by atoms with Crippen LogP contribution >= 0.6 is 0 Å². The summed E-state index contributed by atoms with van der Waals surface area (Å²) in [4.78, 5) is 23.6. The first-order valence-corrected chi connectivity index (χ1v) is 6.74. The number of hydrogen-bond donors (Lipinski definition) is 3. The summed E-state index contributed by atoms with van der Waals surface area (Å²) in [6, 6.07) is 10.4. The Balaban J connectivity index is 2.03. The summed E-state index contributed by atoms with van der Waals surface area (Å²) < 4.78 is 26.2. The van der Waals surface area contributed by atoms with Gasteiger partial charge in [0.1, 0.15) is 11.6 Å². The molecule has 7 heteroatoms. The van der Waals surface area contributed by atoms with Gasteiger partial charge in [-0.2, -0.15) is 0 Å². The van der Waals surface area contributed by atoms with Crippen molar-refractivity contribution in [3.63, 3.8) is 0 Å². The third-order valence-electron chi connectivity index (χ3n) is 3.08. The quantitative estimate of drug-likeness (QED) is 0.751. The van der Waals surface area contributed by atoms with Crippen molar-refractivity contribution in [1.82, 2.24) is 5.32 Å². The fourth-order valence-electron chi connectivity index (χ4n) is 1.91. The second kappa shape index (κ2) is 7.46. The number of aliphatic hydroxyl groups excluding tert-OH is 1. The molecule has 1 atom stereocenters. The zero-order valence-corrected chi connectivity index (χ0v) is 11.9. The van der Waals surface area contributed by atoms with Crippen LogP contribution < -0.4 is 10.6 Å². The average Bonchev–Trinajstić information content (AvgIpc) is 2.55. The van der Waals surface area contributed by atoms with Crippen LogP contribution in [0.15, 0.2) is 48.5 Å². The Kier molecular flexibility index (Phi) is 5.37. The molecule has 0 fully saturated rings. The number of hydrogen-bond acceptors (Lipinski definition) is 3. The molecule has 23 heavy (non-hydrogen) atoms. The topological polar surface area (TPSA) is 78.4 Å². The fraction of sp³-hybridized carbons (Fsp3) is 0.125. The van der Waals surface area contributed by atoms with Gasteiger partial charge in [-0.05, 0) is 17.7 Å². The summed E-state index contributed by atoms with van der Waals surface area (Å²) in [6.45, 7) is -0.409. The van der Waals surface area contributed by atoms with E-state index in [2.05, 4.69) is 5.32 Å². The SMILES string of the molecule is O=C(Nc1ccc(F)cc1F)C(=O)NC(CO)c1ccccc1. The van der Waals surface area contributed by atoms with E-state index in [1.54, 1.807) is 30.3 Å². The lowest BCUT2D eigenvalue weighted by Gasteiger charge is -2.16. The van der Waals surface area contributed by atoms with Crippen LogP contribution in [-0.2, 0) is 9.59 Å². The number of aliphatic hydroxyl groups is 1. The van der Waals surface area contributed by atoms with E-state index in [4.69, 9.17) is 0 Å². The maximum absolute atomic E-state index is 13.4. The van der Waals surface area contributed by atoms with Gasteiger partial charge in [-0.15, -0.1) is 0 Å². The largest absolute Gasteiger partial charge is 0.394 e. The lowest BCUT2D eigenvalue weighted by atomic mass is 10.1. The van der Waals surface area contributed by atoms with Gasteiger partial charge in [-0.3, -0.25) is 9.59 Å². The summed E-state index contributed by atoms with van der Waals surface area (Å²) in [5.74, 6) is -3.95. The highest BCUT2D eigenvalue weighted by Gasteiger charge is 2.20. The molecule has 0 radical (unpaired) electrons. The highest BCUT2D eigenvalue weighted by Crippen LogP contribution is 2.15. The molecule has 0 saturated carbocycles. The van der Waals surface area contributed by atoms with Gasteiger partial charge in [0.25, 0.3) is 0 Å². The molecule has 3 N–H and O–H groups in total. The van der Waals surface area contributed by atoms with Crippen molar-refractivity contribution in [2.45, 2.75) is 6.04 Å². The number of halogens is 2. The molecule has 2 rings (SSSR count). The molecule has 0 aliphatic carbocycles. The highest BCUT2D eigenvalue weighted by atomic mass is 19.1. The normalized spacial score (nSPS) is 11.6. The van der Waals surface area contributed by atoms with E-state index < -0.39 is 36.1 Å². The molecule has 0 aliphatic heterocycles. The third kappa shape index (κ3) is 4.33. The lowest BCUT2D eigenvalue weighted by Crippen LogP contribution is -2.39. The third-order valence-corrected chi connectivity index (χ3v) is 3.08. The Bertz CT molecular complexity index is 708. The van der Waals surface area contributed by atoms with Crippen LogP contribution in [0.1, 0.15) is 11.6 Å². The zero-order chi connectivity index (χ0) is 16.8. The molecule has 0 aromatic heterocycles. The van der Waals surface area contributed by atoms with Crippen LogP contribution in [0.3, 0.4) is 0 Å². The predicted octanol–water partition coefficient (Wildman–Crippen LogP) is 1.75. The average molecular weight is 320 g/mol. The fourth-order valence-corrected chi connectivity index (χ4v) is 1.91. The molecule has 0 aliphatic rings. The van der Waals surface area contributed by atoms with Crippen molar-refractivity contribution >= 4 is 17.5 Å². The van der Waals surface area contributed by atoms with E-state index in [0.29, 0.717) is 11.6 Å². The monoisotopic (exact) mass is 320 g/mol. The van der Waals surface area contributed by atoms with Crippen LogP contribution in [-0.4, -0.2) is 23.5 Å². The number of carbonyl (C=O) groups is 2. The summed E-state index contributed by atoms with van der Waals surface area (Å²) in [5, 5.41) is 13.7. The van der Waals surface area contributed by atoms with Crippen LogP contribution in [0.5, 0.6) is 0 Å². The molecule has 2 aromatic rings. The van der Waals surface area contributed by atoms with E-state index in [0.717, 1.165) is 12.1 Å². The summed E-state index contributed by atoms with van der Waals surface area (Å²) in [5.41, 5.74) is 0.302. The van der Waals surface area contributed by atoms with E-state index in [1.165, 1.54) is 0 Å². The van der Waals surface area contributed by atoms with E-state index in [-0.39, 0.29) is 5.69 Å². The smallest absolute Gasteiger partial charge is 0.313 e. The molecule has 2 aromatic carbocycles. The maximum atomic E-state index is 13.4. The number of benzene rings is 2. The van der Waals surface area contributed by atoms with Gasteiger partial charge < -0.3 is 15.7 Å². The Labute approximate surface area is 130 Å². The number of carbonyl (C=O) groups excluding carboxylic acids is 2. The Morgan fingerprint density at radius 2 is 1.74 bits per heavy atom. The van der Waals surface area contributed by atoms with Crippen LogP contribution in [0, 0.1) is 11.6 Å². The van der Waals surface area contributed by atoms with Gasteiger partial charge in [-0.1, -0.05) is 30.3 Å². The predicted molar refractivity (Wildman–Crippen MR) is 79.4 cm³/mol. The number of nitrogens with one attached hydrogen (secondary N) is 2. The second-order valence-corrected chi connectivity index (χ2v) is 4.70. The highest BCUT2D eigenvalue weighted by molar-refractivity contribution is 6.39.